The van der Waals surface area contributed by atoms with Gasteiger partial charge in [-0.1, -0.05) is 26.0 Å². The predicted molar refractivity (Wildman–Crippen MR) is 99.4 cm³/mol. The monoisotopic (exact) mass is 339 g/mol. The average molecular weight is 339 g/mol. The van der Waals surface area contributed by atoms with Crippen molar-refractivity contribution in [2.45, 2.75) is 38.7 Å². The van der Waals surface area contributed by atoms with Crippen LogP contribution in [-0.2, 0) is 4.74 Å². The van der Waals surface area contributed by atoms with Crippen LogP contribution in [0.2, 0.25) is 0 Å². The van der Waals surface area contributed by atoms with Gasteiger partial charge in [0.15, 0.2) is 0 Å². The molecule has 4 heteroatoms. The Hall–Kier alpha value is -2.33. The van der Waals surface area contributed by atoms with E-state index in [9.17, 15) is 4.79 Å². The Morgan fingerprint density at radius 1 is 1.24 bits per heavy atom. The molecule has 2 aromatic carbocycles. The van der Waals surface area contributed by atoms with Gasteiger partial charge in [-0.25, -0.2) is 0 Å². The van der Waals surface area contributed by atoms with Crippen LogP contribution in [0, 0.1) is 0 Å². The normalized spacial score (nSPS) is 16.8. The Kier molecular flexibility index (Phi) is 5.71. The molecule has 1 saturated heterocycles. The predicted octanol–water partition coefficient (Wildman–Crippen LogP) is 4.62. The molecule has 132 valence electrons. The summed E-state index contributed by atoms with van der Waals surface area (Å²) in [6.45, 7) is 5.66. The van der Waals surface area contributed by atoms with Crippen molar-refractivity contribution in [3.8, 4) is 5.75 Å². The lowest BCUT2D eigenvalue weighted by atomic mass is 10.0. The SMILES string of the molecule is CC(C)c1cccc(NC(=O)c2ccc(OCC3CCCO3)cc2)c1. The van der Waals surface area contributed by atoms with Crippen LogP contribution >= 0.6 is 0 Å². The molecule has 0 saturated carbocycles. The van der Waals surface area contributed by atoms with Crippen LogP contribution in [0.15, 0.2) is 48.5 Å². The van der Waals surface area contributed by atoms with Gasteiger partial charge in [-0.15, -0.1) is 0 Å². The zero-order valence-corrected chi connectivity index (χ0v) is 14.8. The minimum atomic E-state index is -0.119. The summed E-state index contributed by atoms with van der Waals surface area (Å²) in [6, 6.07) is 15.2. The van der Waals surface area contributed by atoms with E-state index >= 15 is 0 Å². The zero-order chi connectivity index (χ0) is 17.6. The summed E-state index contributed by atoms with van der Waals surface area (Å²) in [5, 5.41) is 2.95. The molecule has 1 atom stereocenters. The first kappa shape index (κ1) is 17.5. The van der Waals surface area contributed by atoms with Crippen molar-refractivity contribution in [1.82, 2.24) is 0 Å². The minimum Gasteiger partial charge on any atom is -0.491 e. The van der Waals surface area contributed by atoms with Crippen LogP contribution in [0.25, 0.3) is 0 Å². The third-order valence-electron chi connectivity index (χ3n) is 4.39. The lowest BCUT2D eigenvalue weighted by Crippen LogP contribution is -2.16. The van der Waals surface area contributed by atoms with Gasteiger partial charge in [0.25, 0.3) is 5.91 Å². The molecular formula is C21H25NO3. The van der Waals surface area contributed by atoms with E-state index in [0.717, 1.165) is 30.9 Å². The summed E-state index contributed by atoms with van der Waals surface area (Å²) in [5.41, 5.74) is 2.63. The van der Waals surface area contributed by atoms with Crippen LogP contribution in [-0.4, -0.2) is 25.2 Å². The van der Waals surface area contributed by atoms with Crippen molar-refractivity contribution in [2.24, 2.45) is 0 Å². The maximum Gasteiger partial charge on any atom is 0.255 e. The Morgan fingerprint density at radius 3 is 2.72 bits per heavy atom. The van der Waals surface area contributed by atoms with E-state index in [-0.39, 0.29) is 12.0 Å². The first-order chi connectivity index (χ1) is 12.1. The molecule has 1 N–H and O–H groups in total. The van der Waals surface area contributed by atoms with Gasteiger partial charge in [0.05, 0.1) is 6.10 Å². The molecule has 1 heterocycles. The second-order valence-corrected chi connectivity index (χ2v) is 6.70. The van der Waals surface area contributed by atoms with E-state index in [0.29, 0.717) is 18.1 Å². The van der Waals surface area contributed by atoms with Crippen molar-refractivity contribution in [1.29, 1.82) is 0 Å². The summed E-state index contributed by atoms with van der Waals surface area (Å²) in [7, 11) is 0. The third kappa shape index (κ3) is 4.83. The van der Waals surface area contributed by atoms with E-state index in [4.69, 9.17) is 9.47 Å². The largest absolute Gasteiger partial charge is 0.491 e. The second-order valence-electron chi connectivity index (χ2n) is 6.70. The van der Waals surface area contributed by atoms with Gasteiger partial charge in [-0.2, -0.15) is 0 Å². The molecule has 0 spiro atoms. The van der Waals surface area contributed by atoms with Crippen molar-refractivity contribution < 1.29 is 14.3 Å². The van der Waals surface area contributed by atoms with Gasteiger partial charge in [-0.05, 0) is 60.7 Å². The van der Waals surface area contributed by atoms with Crippen LogP contribution in [0.4, 0.5) is 5.69 Å². The van der Waals surface area contributed by atoms with E-state index in [1.807, 2.05) is 30.3 Å². The number of ether oxygens (including phenoxy) is 2. The number of rotatable bonds is 6. The lowest BCUT2D eigenvalue weighted by molar-refractivity contribution is 0.0679. The number of carbonyl (C=O) groups excluding carboxylic acids is 1. The number of benzene rings is 2. The Labute approximate surface area is 149 Å². The Balaban J connectivity index is 1.57. The maximum absolute atomic E-state index is 12.4. The molecule has 1 aliphatic rings. The Bertz CT molecular complexity index is 703. The van der Waals surface area contributed by atoms with E-state index in [1.165, 1.54) is 5.56 Å². The molecule has 0 aliphatic carbocycles. The highest BCUT2D eigenvalue weighted by molar-refractivity contribution is 6.04. The summed E-state index contributed by atoms with van der Waals surface area (Å²) < 4.78 is 11.3. The van der Waals surface area contributed by atoms with Gasteiger partial charge in [-0.3, -0.25) is 4.79 Å². The number of anilines is 1. The van der Waals surface area contributed by atoms with Crippen molar-refractivity contribution in [3.05, 3.63) is 59.7 Å². The van der Waals surface area contributed by atoms with Crippen LogP contribution in [0.3, 0.4) is 0 Å². The van der Waals surface area contributed by atoms with Gasteiger partial charge in [0.2, 0.25) is 0 Å². The highest BCUT2D eigenvalue weighted by Gasteiger charge is 2.16. The molecule has 0 radical (unpaired) electrons. The topological polar surface area (TPSA) is 47.6 Å². The first-order valence-electron chi connectivity index (χ1n) is 8.87. The lowest BCUT2D eigenvalue weighted by Gasteiger charge is -2.12. The molecule has 3 rings (SSSR count). The third-order valence-corrected chi connectivity index (χ3v) is 4.39. The quantitative estimate of drug-likeness (QED) is 0.835. The molecular weight excluding hydrogens is 314 g/mol. The average Bonchev–Trinajstić information content (AvgIpc) is 3.14. The number of hydrogen-bond acceptors (Lipinski definition) is 3. The van der Waals surface area contributed by atoms with Crippen molar-refractivity contribution in [3.63, 3.8) is 0 Å². The molecule has 1 aliphatic heterocycles. The zero-order valence-electron chi connectivity index (χ0n) is 14.8. The molecule has 2 aromatic rings. The summed E-state index contributed by atoms with van der Waals surface area (Å²) in [6.07, 6.45) is 2.34. The number of hydrogen-bond donors (Lipinski definition) is 1. The fourth-order valence-corrected chi connectivity index (χ4v) is 2.85. The highest BCUT2D eigenvalue weighted by atomic mass is 16.5. The molecule has 1 fully saturated rings. The molecule has 1 unspecified atom stereocenters. The minimum absolute atomic E-state index is 0.119. The van der Waals surface area contributed by atoms with Gasteiger partial charge < -0.3 is 14.8 Å². The van der Waals surface area contributed by atoms with Crippen LogP contribution in [0.5, 0.6) is 5.75 Å². The van der Waals surface area contributed by atoms with Crippen molar-refractivity contribution in [2.75, 3.05) is 18.5 Å². The molecule has 0 aromatic heterocycles. The highest BCUT2D eigenvalue weighted by Crippen LogP contribution is 2.20. The van der Waals surface area contributed by atoms with Crippen molar-refractivity contribution >= 4 is 11.6 Å². The summed E-state index contributed by atoms with van der Waals surface area (Å²) >= 11 is 0. The van der Waals surface area contributed by atoms with E-state index in [1.54, 1.807) is 12.1 Å². The molecule has 1 amide bonds. The summed E-state index contributed by atoms with van der Waals surface area (Å²) in [5.74, 6) is 1.07. The van der Waals surface area contributed by atoms with E-state index in [2.05, 4.69) is 25.2 Å². The van der Waals surface area contributed by atoms with Crippen LogP contribution < -0.4 is 10.1 Å². The standard InChI is InChI=1S/C21H25NO3/c1-15(2)17-5-3-6-18(13-17)22-21(23)16-8-10-19(11-9-16)25-14-20-7-4-12-24-20/h3,5-6,8-11,13,15,20H,4,7,12,14H2,1-2H3,(H,22,23). The van der Waals surface area contributed by atoms with Gasteiger partial charge in [0.1, 0.15) is 12.4 Å². The van der Waals surface area contributed by atoms with Gasteiger partial charge >= 0.3 is 0 Å². The molecule has 0 bridgehead atoms. The summed E-state index contributed by atoms with van der Waals surface area (Å²) in [4.78, 5) is 12.4. The van der Waals surface area contributed by atoms with Gasteiger partial charge in [0, 0.05) is 17.9 Å². The molecule has 25 heavy (non-hydrogen) atoms. The second kappa shape index (κ2) is 8.17. The smallest absolute Gasteiger partial charge is 0.255 e. The number of nitrogens with one attached hydrogen (secondary N) is 1. The fraction of sp³-hybridized carbons (Fsp3) is 0.381. The first-order valence-corrected chi connectivity index (χ1v) is 8.87. The Morgan fingerprint density at radius 2 is 2.04 bits per heavy atom. The number of carbonyl (C=O) groups is 1. The van der Waals surface area contributed by atoms with E-state index < -0.39 is 0 Å². The maximum atomic E-state index is 12.4. The van der Waals surface area contributed by atoms with Crippen LogP contribution in [0.1, 0.15) is 48.5 Å². The molecule has 4 nitrogen and oxygen atoms in total. The number of amides is 1. The fourth-order valence-electron chi connectivity index (χ4n) is 2.85.